The lowest BCUT2D eigenvalue weighted by molar-refractivity contribution is -0.380. The van der Waals surface area contributed by atoms with Crippen molar-refractivity contribution in [1.82, 2.24) is 5.32 Å². The quantitative estimate of drug-likeness (QED) is 0.613. The third kappa shape index (κ3) is 1.78. The standard InChI is InChI=1S/C9H12N2O2S/c1-10-9(4-5-9)6-7-2-3-8(14-7)11(12)13/h2-3,10H,4-6H2,1H3. The second-order valence-electron chi connectivity index (χ2n) is 3.70. The lowest BCUT2D eigenvalue weighted by atomic mass is 10.1. The SMILES string of the molecule is CNC1(Cc2ccc([N+](=O)[O-])s2)CC1. The molecule has 0 amide bonds. The average Bonchev–Trinajstić information content (AvgIpc) is 2.75. The van der Waals surface area contributed by atoms with Gasteiger partial charge in [0.05, 0.1) is 4.92 Å². The van der Waals surface area contributed by atoms with Crippen LogP contribution in [0.5, 0.6) is 0 Å². The van der Waals surface area contributed by atoms with Gasteiger partial charge in [-0.05, 0) is 26.0 Å². The van der Waals surface area contributed by atoms with Gasteiger partial charge in [0.1, 0.15) is 0 Å². The van der Waals surface area contributed by atoms with Crippen LogP contribution in [0.25, 0.3) is 0 Å². The van der Waals surface area contributed by atoms with Gasteiger partial charge < -0.3 is 5.32 Å². The van der Waals surface area contributed by atoms with E-state index >= 15 is 0 Å². The minimum absolute atomic E-state index is 0.235. The molecule has 1 aromatic rings. The number of nitro groups is 1. The number of thiophene rings is 1. The van der Waals surface area contributed by atoms with Crippen molar-refractivity contribution < 1.29 is 4.92 Å². The van der Waals surface area contributed by atoms with Crippen LogP contribution in [0, 0.1) is 10.1 Å². The maximum absolute atomic E-state index is 10.5. The predicted molar refractivity (Wildman–Crippen MR) is 55.7 cm³/mol. The Morgan fingerprint density at radius 2 is 2.36 bits per heavy atom. The van der Waals surface area contributed by atoms with Gasteiger partial charge in [0, 0.05) is 22.9 Å². The van der Waals surface area contributed by atoms with Gasteiger partial charge in [-0.15, -0.1) is 0 Å². The van der Waals surface area contributed by atoms with E-state index in [1.165, 1.54) is 24.2 Å². The molecule has 1 aromatic heterocycles. The third-order valence-corrected chi connectivity index (χ3v) is 3.76. The van der Waals surface area contributed by atoms with Crippen molar-refractivity contribution >= 4 is 16.3 Å². The molecule has 0 aromatic carbocycles. The zero-order chi connectivity index (χ0) is 10.2. The highest BCUT2D eigenvalue weighted by Crippen LogP contribution is 2.40. The van der Waals surface area contributed by atoms with Crippen molar-refractivity contribution in [2.75, 3.05) is 7.05 Å². The molecule has 0 atom stereocenters. The molecular formula is C9H12N2O2S. The van der Waals surface area contributed by atoms with Crippen LogP contribution in [0.1, 0.15) is 17.7 Å². The lowest BCUT2D eigenvalue weighted by Crippen LogP contribution is -2.29. The average molecular weight is 212 g/mol. The lowest BCUT2D eigenvalue weighted by Gasteiger charge is -2.11. The third-order valence-electron chi connectivity index (χ3n) is 2.72. The molecule has 0 radical (unpaired) electrons. The molecule has 76 valence electrons. The molecule has 0 aliphatic heterocycles. The Kier molecular flexibility index (Phi) is 2.28. The molecule has 2 rings (SSSR count). The normalized spacial score (nSPS) is 18.1. The van der Waals surface area contributed by atoms with E-state index in [1.807, 2.05) is 13.1 Å². The van der Waals surface area contributed by atoms with Crippen molar-refractivity contribution in [3.8, 4) is 0 Å². The Morgan fingerprint density at radius 1 is 1.64 bits per heavy atom. The molecule has 0 spiro atoms. The molecule has 1 N–H and O–H groups in total. The number of likely N-dealkylation sites (N-methyl/N-ethyl adjacent to an activating group) is 1. The van der Waals surface area contributed by atoms with Crippen LogP contribution in [0.3, 0.4) is 0 Å². The van der Waals surface area contributed by atoms with Crippen LogP contribution in [0.2, 0.25) is 0 Å². The van der Waals surface area contributed by atoms with Crippen LogP contribution in [-0.2, 0) is 6.42 Å². The highest BCUT2D eigenvalue weighted by molar-refractivity contribution is 7.15. The van der Waals surface area contributed by atoms with Gasteiger partial charge in [-0.25, -0.2) is 0 Å². The Balaban J connectivity index is 2.07. The summed E-state index contributed by atoms with van der Waals surface area (Å²) < 4.78 is 0. The van der Waals surface area contributed by atoms with Crippen molar-refractivity contribution in [2.24, 2.45) is 0 Å². The molecule has 1 saturated carbocycles. The van der Waals surface area contributed by atoms with E-state index in [2.05, 4.69) is 5.32 Å². The van der Waals surface area contributed by atoms with Gasteiger partial charge in [0.2, 0.25) is 0 Å². The van der Waals surface area contributed by atoms with Crippen LogP contribution in [-0.4, -0.2) is 17.5 Å². The van der Waals surface area contributed by atoms with Crippen molar-refractivity contribution in [3.05, 3.63) is 27.1 Å². The summed E-state index contributed by atoms with van der Waals surface area (Å²) >= 11 is 1.28. The van der Waals surface area contributed by atoms with E-state index in [4.69, 9.17) is 0 Å². The van der Waals surface area contributed by atoms with Gasteiger partial charge in [0.25, 0.3) is 0 Å². The Bertz CT molecular complexity index is 357. The molecule has 1 fully saturated rings. The molecular weight excluding hydrogens is 200 g/mol. The molecule has 0 bridgehead atoms. The monoisotopic (exact) mass is 212 g/mol. The van der Waals surface area contributed by atoms with Gasteiger partial charge >= 0.3 is 5.00 Å². The van der Waals surface area contributed by atoms with Crippen molar-refractivity contribution in [2.45, 2.75) is 24.8 Å². The zero-order valence-electron chi connectivity index (χ0n) is 7.95. The minimum Gasteiger partial charge on any atom is -0.314 e. The summed E-state index contributed by atoms with van der Waals surface area (Å²) in [4.78, 5) is 11.2. The molecule has 0 unspecified atom stereocenters. The summed E-state index contributed by atoms with van der Waals surface area (Å²) in [6.07, 6.45) is 3.27. The second-order valence-corrected chi connectivity index (χ2v) is 4.85. The second kappa shape index (κ2) is 3.33. The van der Waals surface area contributed by atoms with E-state index in [0.717, 1.165) is 11.3 Å². The summed E-state index contributed by atoms with van der Waals surface area (Å²) in [5.41, 5.74) is 0.235. The smallest absolute Gasteiger partial charge is 0.314 e. The number of nitrogens with zero attached hydrogens (tertiary/aromatic N) is 1. The van der Waals surface area contributed by atoms with E-state index < -0.39 is 0 Å². The first-order chi connectivity index (χ1) is 6.65. The summed E-state index contributed by atoms with van der Waals surface area (Å²) in [7, 11) is 1.95. The minimum atomic E-state index is -0.326. The first-order valence-corrected chi connectivity index (χ1v) is 5.39. The van der Waals surface area contributed by atoms with E-state index in [0.29, 0.717) is 0 Å². The van der Waals surface area contributed by atoms with E-state index in [-0.39, 0.29) is 15.5 Å². The molecule has 4 nitrogen and oxygen atoms in total. The van der Waals surface area contributed by atoms with Gasteiger partial charge in [-0.2, -0.15) is 0 Å². The van der Waals surface area contributed by atoms with Crippen LogP contribution in [0.15, 0.2) is 12.1 Å². The number of nitrogens with one attached hydrogen (secondary N) is 1. The fourth-order valence-corrected chi connectivity index (χ4v) is 2.52. The number of rotatable bonds is 4. The first-order valence-electron chi connectivity index (χ1n) is 4.57. The summed E-state index contributed by atoms with van der Waals surface area (Å²) in [6, 6.07) is 3.45. The fourth-order valence-electron chi connectivity index (χ4n) is 1.56. The van der Waals surface area contributed by atoms with E-state index in [9.17, 15) is 10.1 Å². The molecule has 0 saturated heterocycles. The Morgan fingerprint density at radius 3 is 2.79 bits per heavy atom. The molecule has 1 aliphatic rings. The van der Waals surface area contributed by atoms with Crippen LogP contribution in [0.4, 0.5) is 5.00 Å². The molecule has 1 aliphatic carbocycles. The molecule has 5 heteroatoms. The largest absolute Gasteiger partial charge is 0.324 e. The Hall–Kier alpha value is -0.940. The maximum atomic E-state index is 10.5. The molecule has 1 heterocycles. The highest BCUT2D eigenvalue weighted by Gasteiger charge is 2.41. The van der Waals surface area contributed by atoms with E-state index in [1.54, 1.807) is 6.07 Å². The zero-order valence-corrected chi connectivity index (χ0v) is 8.76. The van der Waals surface area contributed by atoms with Crippen molar-refractivity contribution in [3.63, 3.8) is 0 Å². The molecule has 14 heavy (non-hydrogen) atoms. The van der Waals surface area contributed by atoms with Gasteiger partial charge in [-0.1, -0.05) is 11.3 Å². The summed E-state index contributed by atoms with van der Waals surface area (Å²) in [6.45, 7) is 0. The number of hydrogen-bond donors (Lipinski definition) is 1. The highest BCUT2D eigenvalue weighted by atomic mass is 32.1. The predicted octanol–water partition coefficient (Wildman–Crippen LogP) is 1.95. The topological polar surface area (TPSA) is 55.2 Å². The number of hydrogen-bond acceptors (Lipinski definition) is 4. The van der Waals surface area contributed by atoms with Crippen LogP contribution < -0.4 is 5.32 Å². The van der Waals surface area contributed by atoms with Gasteiger partial charge in [0.15, 0.2) is 0 Å². The maximum Gasteiger partial charge on any atom is 0.324 e. The van der Waals surface area contributed by atoms with Gasteiger partial charge in [-0.3, -0.25) is 10.1 Å². The summed E-state index contributed by atoms with van der Waals surface area (Å²) in [5, 5.41) is 14.0. The fraction of sp³-hybridized carbons (Fsp3) is 0.556. The Labute approximate surface area is 86.1 Å². The van der Waals surface area contributed by atoms with Crippen LogP contribution >= 0.6 is 11.3 Å². The first kappa shape index (κ1) is 9.61. The van der Waals surface area contributed by atoms with Crippen molar-refractivity contribution in [1.29, 1.82) is 0 Å². The summed E-state index contributed by atoms with van der Waals surface area (Å²) in [5.74, 6) is 0.